The molecule has 1 aromatic rings. The Kier molecular flexibility index (Phi) is 4.64. The highest BCUT2D eigenvalue weighted by molar-refractivity contribution is 6.62. The van der Waals surface area contributed by atoms with E-state index >= 15 is 0 Å². The number of likely N-dealkylation sites (tertiary alicyclic amines) is 1. The summed E-state index contributed by atoms with van der Waals surface area (Å²) >= 11 is 0. The zero-order valence-electron chi connectivity index (χ0n) is 15.9. The van der Waals surface area contributed by atoms with Crippen LogP contribution in [-0.4, -0.2) is 53.1 Å². The van der Waals surface area contributed by atoms with Gasteiger partial charge in [-0.15, -0.1) is 0 Å². The number of carbonyl (C=O) groups excluding carboxylic acids is 1. The number of hydrogen-bond acceptors (Lipinski definition) is 4. The fraction of sp³-hybridized carbons (Fsp3) is 0.667. The molecule has 0 aliphatic carbocycles. The van der Waals surface area contributed by atoms with Gasteiger partial charge in [0.05, 0.1) is 23.3 Å². The molecule has 0 spiro atoms. The standard InChI is InChI=1S/C18H25BF2N2O3/c1-12-14(15(24)23-8-6-7-18(20,21)11-23)9-13(10-22-12)19-25-16(2,3)17(4,5)26-19/h9-10H,6-8,11H2,1-5H3. The lowest BCUT2D eigenvalue weighted by molar-refractivity contribution is -0.0560. The fourth-order valence-electron chi connectivity index (χ4n) is 3.18. The van der Waals surface area contributed by atoms with E-state index in [0.29, 0.717) is 29.7 Å². The monoisotopic (exact) mass is 366 g/mol. The Bertz CT molecular complexity index is 708. The Labute approximate surface area is 153 Å². The molecule has 8 heteroatoms. The second kappa shape index (κ2) is 6.27. The molecule has 2 fully saturated rings. The molecule has 0 bridgehead atoms. The Balaban J connectivity index is 1.86. The van der Waals surface area contributed by atoms with E-state index in [0.717, 1.165) is 0 Å². The smallest absolute Gasteiger partial charge is 0.399 e. The largest absolute Gasteiger partial charge is 0.496 e. The van der Waals surface area contributed by atoms with E-state index in [4.69, 9.17) is 9.31 Å². The van der Waals surface area contributed by atoms with E-state index < -0.39 is 36.7 Å². The van der Waals surface area contributed by atoms with Gasteiger partial charge >= 0.3 is 7.12 Å². The van der Waals surface area contributed by atoms with Crippen molar-refractivity contribution in [3.8, 4) is 0 Å². The maximum absolute atomic E-state index is 13.7. The maximum Gasteiger partial charge on any atom is 0.496 e. The van der Waals surface area contributed by atoms with Crippen LogP contribution in [-0.2, 0) is 9.31 Å². The van der Waals surface area contributed by atoms with Gasteiger partial charge in [0.15, 0.2) is 0 Å². The number of aryl methyl sites for hydroxylation is 1. The van der Waals surface area contributed by atoms with Crippen LogP contribution in [0, 0.1) is 6.92 Å². The Morgan fingerprint density at radius 3 is 2.42 bits per heavy atom. The molecule has 2 aliphatic rings. The molecule has 0 atom stereocenters. The van der Waals surface area contributed by atoms with Gasteiger partial charge in [-0.2, -0.15) is 0 Å². The number of pyridine rings is 1. The first kappa shape index (κ1) is 19.2. The van der Waals surface area contributed by atoms with Crippen LogP contribution in [0.2, 0.25) is 0 Å². The van der Waals surface area contributed by atoms with Crippen molar-refractivity contribution in [1.29, 1.82) is 0 Å². The predicted molar refractivity (Wildman–Crippen MR) is 94.8 cm³/mol. The number of nitrogens with zero attached hydrogens (tertiary/aromatic N) is 2. The Morgan fingerprint density at radius 2 is 1.85 bits per heavy atom. The summed E-state index contributed by atoms with van der Waals surface area (Å²) in [6.07, 6.45) is 1.73. The van der Waals surface area contributed by atoms with Crippen molar-refractivity contribution in [2.45, 2.75) is 64.6 Å². The first-order valence-corrected chi connectivity index (χ1v) is 8.91. The highest BCUT2D eigenvalue weighted by atomic mass is 19.3. The summed E-state index contributed by atoms with van der Waals surface area (Å²) < 4.78 is 39.3. The number of amides is 1. The summed E-state index contributed by atoms with van der Waals surface area (Å²) in [6, 6.07) is 1.65. The van der Waals surface area contributed by atoms with Crippen molar-refractivity contribution < 1.29 is 22.9 Å². The van der Waals surface area contributed by atoms with Crippen molar-refractivity contribution in [3.05, 3.63) is 23.5 Å². The van der Waals surface area contributed by atoms with Crippen LogP contribution >= 0.6 is 0 Å². The zero-order chi connectivity index (χ0) is 19.3. The molecule has 0 radical (unpaired) electrons. The minimum atomic E-state index is -2.83. The maximum atomic E-state index is 13.7. The second-order valence-corrected chi connectivity index (χ2v) is 8.18. The lowest BCUT2D eigenvalue weighted by Gasteiger charge is -2.32. The van der Waals surface area contributed by atoms with Crippen molar-refractivity contribution >= 4 is 18.5 Å². The third-order valence-corrected chi connectivity index (χ3v) is 5.54. The third-order valence-electron chi connectivity index (χ3n) is 5.54. The number of rotatable bonds is 2. The highest BCUT2D eigenvalue weighted by Crippen LogP contribution is 2.36. The molecular weight excluding hydrogens is 341 g/mol. The van der Waals surface area contributed by atoms with Gasteiger partial charge in [0.2, 0.25) is 0 Å². The number of aromatic nitrogens is 1. The van der Waals surface area contributed by atoms with Gasteiger partial charge in [-0.25, -0.2) is 8.78 Å². The summed E-state index contributed by atoms with van der Waals surface area (Å²) in [4.78, 5) is 18.3. The normalized spacial score (nSPS) is 24.0. The minimum absolute atomic E-state index is 0.179. The molecule has 3 rings (SSSR count). The molecule has 26 heavy (non-hydrogen) atoms. The SMILES string of the molecule is Cc1ncc(B2OC(C)(C)C(C)(C)O2)cc1C(=O)N1CCCC(F)(F)C1. The molecule has 0 aromatic carbocycles. The Morgan fingerprint density at radius 1 is 1.23 bits per heavy atom. The van der Waals surface area contributed by atoms with E-state index in [-0.39, 0.29) is 6.42 Å². The van der Waals surface area contributed by atoms with Gasteiger partial charge in [-0.05, 0) is 47.1 Å². The fourth-order valence-corrected chi connectivity index (χ4v) is 3.18. The van der Waals surface area contributed by atoms with Crippen LogP contribution < -0.4 is 5.46 Å². The van der Waals surface area contributed by atoms with Crippen LogP contribution in [0.1, 0.15) is 56.6 Å². The summed E-state index contributed by atoms with van der Waals surface area (Å²) in [5, 5.41) is 0. The first-order chi connectivity index (χ1) is 11.9. The number of alkyl halides is 2. The van der Waals surface area contributed by atoms with Gasteiger partial charge in [0.25, 0.3) is 11.8 Å². The molecule has 0 N–H and O–H groups in total. The molecule has 5 nitrogen and oxygen atoms in total. The van der Waals surface area contributed by atoms with Crippen LogP contribution in [0.4, 0.5) is 8.78 Å². The van der Waals surface area contributed by atoms with Crippen LogP contribution in [0.5, 0.6) is 0 Å². The van der Waals surface area contributed by atoms with Gasteiger partial charge in [0, 0.05) is 30.3 Å². The van der Waals surface area contributed by atoms with Crippen molar-refractivity contribution in [1.82, 2.24) is 9.88 Å². The van der Waals surface area contributed by atoms with E-state index in [1.54, 1.807) is 19.2 Å². The number of hydrogen-bond donors (Lipinski definition) is 0. The lowest BCUT2D eigenvalue weighted by Crippen LogP contribution is -2.46. The van der Waals surface area contributed by atoms with Gasteiger partial charge in [-0.3, -0.25) is 9.78 Å². The molecular formula is C18H25BF2N2O3. The van der Waals surface area contributed by atoms with Crippen molar-refractivity contribution in [3.63, 3.8) is 0 Å². The molecule has 0 saturated carbocycles. The van der Waals surface area contributed by atoms with E-state index in [2.05, 4.69) is 4.98 Å². The molecule has 3 heterocycles. The second-order valence-electron chi connectivity index (χ2n) is 8.18. The highest BCUT2D eigenvalue weighted by Gasteiger charge is 2.52. The molecule has 1 amide bonds. The number of halogens is 2. The molecule has 0 unspecified atom stereocenters. The van der Waals surface area contributed by atoms with Crippen LogP contribution in [0.15, 0.2) is 12.3 Å². The van der Waals surface area contributed by atoms with Crippen LogP contribution in [0.3, 0.4) is 0 Å². The van der Waals surface area contributed by atoms with Crippen molar-refractivity contribution in [2.24, 2.45) is 0 Å². The third kappa shape index (κ3) is 3.49. The zero-order valence-corrected chi connectivity index (χ0v) is 15.9. The molecule has 1 aromatic heterocycles. The average molecular weight is 366 g/mol. The number of carbonyl (C=O) groups is 1. The quantitative estimate of drug-likeness (QED) is 0.755. The van der Waals surface area contributed by atoms with E-state index in [9.17, 15) is 13.6 Å². The summed E-state index contributed by atoms with van der Waals surface area (Å²) in [5.74, 6) is -3.26. The predicted octanol–water partition coefficient (Wildman–Crippen LogP) is 2.56. The molecule has 2 saturated heterocycles. The molecule has 142 valence electrons. The van der Waals surface area contributed by atoms with Gasteiger partial charge < -0.3 is 14.2 Å². The summed E-state index contributed by atoms with van der Waals surface area (Å²) in [7, 11) is -0.651. The summed E-state index contributed by atoms with van der Waals surface area (Å²) in [6.45, 7) is 9.24. The van der Waals surface area contributed by atoms with Gasteiger partial charge in [-0.1, -0.05) is 0 Å². The lowest BCUT2D eigenvalue weighted by atomic mass is 9.79. The number of piperidine rings is 1. The summed E-state index contributed by atoms with van der Waals surface area (Å²) in [5.41, 5.74) is 0.406. The molecule has 2 aliphatic heterocycles. The average Bonchev–Trinajstić information content (AvgIpc) is 2.74. The van der Waals surface area contributed by atoms with E-state index in [1.165, 1.54) is 4.90 Å². The van der Waals surface area contributed by atoms with E-state index in [1.807, 2.05) is 27.7 Å². The Hall–Kier alpha value is -1.54. The first-order valence-electron chi connectivity index (χ1n) is 8.91. The minimum Gasteiger partial charge on any atom is -0.399 e. The van der Waals surface area contributed by atoms with Gasteiger partial charge in [0.1, 0.15) is 0 Å². The van der Waals surface area contributed by atoms with Crippen molar-refractivity contribution in [2.75, 3.05) is 13.1 Å². The topological polar surface area (TPSA) is 51.7 Å². The van der Waals surface area contributed by atoms with Crippen LogP contribution in [0.25, 0.3) is 0 Å².